The predicted octanol–water partition coefficient (Wildman–Crippen LogP) is 2.47. The molecule has 126 valence electrons. The molecule has 0 bridgehead atoms. The summed E-state index contributed by atoms with van der Waals surface area (Å²) in [5, 5.41) is 8.10. The Balaban J connectivity index is 1.73. The number of rotatable bonds is 3. The van der Waals surface area contributed by atoms with Crippen LogP contribution < -0.4 is 10.6 Å². The fraction of sp³-hybridized carbons (Fsp3) is 0.231. The van der Waals surface area contributed by atoms with E-state index in [0.29, 0.717) is 0 Å². The molecular weight excluding hydrogens is 351 g/mol. The van der Waals surface area contributed by atoms with Gasteiger partial charge in [0.25, 0.3) is 5.91 Å². The van der Waals surface area contributed by atoms with Crippen LogP contribution in [-0.2, 0) is 15.8 Å². The lowest BCUT2D eigenvalue weighted by Gasteiger charge is -2.13. The molecule has 0 aliphatic carbocycles. The molecule has 0 fully saturated rings. The van der Waals surface area contributed by atoms with Crippen molar-refractivity contribution in [3.8, 4) is 0 Å². The molecule has 2 N–H and O–H groups in total. The van der Waals surface area contributed by atoms with Gasteiger partial charge in [-0.15, -0.1) is 0 Å². The largest absolute Gasteiger partial charge is 0.417 e. The summed E-state index contributed by atoms with van der Waals surface area (Å²) in [6.07, 6.45) is -3.72. The summed E-state index contributed by atoms with van der Waals surface area (Å²) in [5.41, 5.74) is -1.13. The molecule has 0 saturated carbocycles. The van der Waals surface area contributed by atoms with Crippen molar-refractivity contribution in [1.29, 1.82) is 0 Å². The number of nitrogens with zero attached hydrogens (tertiary/aromatic N) is 3. The molecule has 1 aromatic heterocycles. The van der Waals surface area contributed by atoms with E-state index in [-0.39, 0.29) is 18.1 Å². The number of nitrogens with one attached hydrogen (secondary N) is 2. The fourth-order valence-corrected chi connectivity index (χ4v) is 2.48. The lowest BCUT2D eigenvalue weighted by molar-refractivity contribution is -0.137. The standard InChI is InChI=1S/C13H9ClF3N5O2/c14-8-2-1-6(3-7(8)13(15,16)17)20-10(23)4-9-11(24)21-12-18-5-19-22(9)12/h1-3,5,9H,4H2,(H,20,23)(H,18,19,21,24). The molecule has 2 amide bonds. The molecule has 1 unspecified atom stereocenters. The van der Waals surface area contributed by atoms with Gasteiger partial charge >= 0.3 is 6.18 Å². The second-order valence-electron chi connectivity index (χ2n) is 4.98. The van der Waals surface area contributed by atoms with Crippen LogP contribution in [-0.4, -0.2) is 26.6 Å². The lowest BCUT2D eigenvalue weighted by atomic mass is 10.1. The maximum Gasteiger partial charge on any atom is 0.417 e. The highest BCUT2D eigenvalue weighted by atomic mass is 35.5. The monoisotopic (exact) mass is 359 g/mol. The summed E-state index contributed by atoms with van der Waals surface area (Å²) in [4.78, 5) is 27.6. The first-order valence-corrected chi connectivity index (χ1v) is 7.00. The Kier molecular flexibility index (Phi) is 3.91. The van der Waals surface area contributed by atoms with Crippen molar-refractivity contribution in [2.24, 2.45) is 0 Å². The molecule has 11 heteroatoms. The SMILES string of the molecule is O=C(CC1C(=O)Nc2ncnn21)Nc1ccc(Cl)c(C(F)(F)F)c1. The van der Waals surface area contributed by atoms with Gasteiger partial charge in [-0.05, 0) is 18.2 Å². The Labute approximate surface area is 137 Å². The second kappa shape index (κ2) is 5.78. The van der Waals surface area contributed by atoms with Crippen molar-refractivity contribution in [3.05, 3.63) is 35.1 Å². The summed E-state index contributed by atoms with van der Waals surface area (Å²) in [6, 6.07) is 2.11. The van der Waals surface area contributed by atoms with Gasteiger partial charge in [-0.3, -0.25) is 14.9 Å². The number of carbonyl (C=O) groups excluding carboxylic acids is 2. The number of hydrogen-bond donors (Lipinski definition) is 2. The van der Waals surface area contributed by atoms with Gasteiger partial charge in [0, 0.05) is 5.69 Å². The van der Waals surface area contributed by atoms with Crippen LogP contribution in [0.3, 0.4) is 0 Å². The van der Waals surface area contributed by atoms with Crippen LogP contribution in [0.4, 0.5) is 24.8 Å². The maximum atomic E-state index is 12.8. The van der Waals surface area contributed by atoms with E-state index in [4.69, 9.17) is 11.6 Å². The molecule has 24 heavy (non-hydrogen) atoms. The minimum absolute atomic E-state index is 0.0751. The Hall–Kier alpha value is -2.62. The zero-order valence-corrected chi connectivity index (χ0v) is 12.5. The van der Waals surface area contributed by atoms with Gasteiger partial charge in [0.15, 0.2) is 0 Å². The number of alkyl halides is 3. The summed E-state index contributed by atoms with van der Waals surface area (Å²) < 4.78 is 39.7. The van der Waals surface area contributed by atoms with E-state index in [0.717, 1.165) is 12.1 Å². The number of amides is 2. The van der Waals surface area contributed by atoms with Gasteiger partial charge in [0.2, 0.25) is 11.9 Å². The van der Waals surface area contributed by atoms with Crippen molar-refractivity contribution >= 4 is 35.1 Å². The number of anilines is 2. The van der Waals surface area contributed by atoms with Crippen LogP contribution in [0.1, 0.15) is 18.0 Å². The van der Waals surface area contributed by atoms with Crippen molar-refractivity contribution in [2.75, 3.05) is 10.6 Å². The number of fused-ring (bicyclic) bond motifs is 1. The van der Waals surface area contributed by atoms with Gasteiger partial charge in [-0.25, -0.2) is 4.68 Å². The van der Waals surface area contributed by atoms with E-state index in [1.54, 1.807) is 0 Å². The molecule has 1 aliphatic rings. The highest BCUT2D eigenvalue weighted by Gasteiger charge is 2.35. The molecule has 7 nitrogen and oxygen atoms in total. The first kappa shape index (κ1) is 16.2. The molecule has 1 atom stereocenters. The first-order valence-electron chi connectivity index (χ1n) is 6.62. The molecule has 0 spiro atoms. The normalized spacial score (nSPS) is 16.7. The minimum Gasteiger partial charge on any atom is -0.326 e. The molecule has 1 aliphatic heterocycles. The average Bonchev–Trinajstić information content (AvgIpc) is 3.03. The van der Waals surface area contributed by atoms with E-state index in [9.17, 15) is 22.8 Å². The van der Waals surface area contributed by atoms with Crippen molar-refractivity contribution in [2.45, 2.75) is 18.6 Å². The zero-order chi connectivity index (χ0) is 17.5. The van der Waals surface area contributed by atoms with Gasteiger partial charge in [0.05, 0.1) is 17.0 Å². The third-order valence-electron chi connectivity index (χ3n) is 3.34. The number of aromatic nitrogens is 3. The molecular formula is C13H9ClF3N5O2. The lowest BCUT2D eigenvalue weighted by Crippen LogP contribution is -2.23. The van der Waals surface area contributed by atoms with E-state index in [2.05, 4.69) is 20.7 Å². The number of carbonyl (C=O) groups is 2. The Morgan fingerprint density at radius 2 is 2.17 bits per heavy atom. The van der Waals surface area contributed by atoms with Crippen LogP contribution in [0.15, 0.2) is 24.5 Å². The maximum absolute atomic E-state index is 12.8. The minimum atomic E-state index is -4.64. The highest BCUT2D eigenvalue weighted by molar-refractivity contribution is 6.31. The van der Waals surface area contributed by atoms with Crippen molar-refractivity contribution < 1.29 is 22.8 Å². The molecule has 0 radical (unpaired) electrons. The number of benzene rings is 1. The van der Waals surface area contributed by atoms with Crippen molar-refractivity contribution in [3.63, 3.8) is 0 Å². The topological polar surface area (TPSA) is 88.9 Å². The third kappa shape index (κ3) is 3.04. The quantitative estimate of drug-likeness (QED) is 0.881. The Morgan fingerprint density at radius 1 is 1.42 bits per heavy atom. The summed E-state index contributed by atoms with van der Waals surface area (Å²) >= 11 is 5.51. The van der Waals surface area contributed by atoms with Crippen LogP contribution in [0.2, 0.25) is 5.02 Å². The predicted molar refractivity (Wildman–Crippen MR) is 77.4 cm³/mol. The van der Waals surface area contributed by atoms with Crippen LogP contribution in [0, 0.1) is 0 Å². The first-order chi connectivity index (χ1) is 11.3. The smallest absolute Gasteiger partial charge is 0.326 e. The van der Waals surface area contributed by atoms with E-state index in [1.165, 1.54) is 17.1 Å². The van der Waals surface area contributed by atoms with Gasteiger partial charge in [0.1, 0.15) is 12.4 Å². The van der Waals surface area contributed by atoms with E-state index < -0.39 is 34.6 Å². The Morgan fingerprint density at radius 3 is 2.88 bits per heavy atom. The number of hydrogen-bond acceptors (Lipinski definition) is 4. The number of halogens is 4. The van der Waals surface area contributed by atoms with E-state index >= 15 is 0 Å². The third-order valence-corrected chi connectivity index (χ3v) is 3.67. The molecule has 1 aromatic carbocycles. The summed E-state index contributed by atoms with van der Waals surface area (Å²) in [6.45, 7) is 0. The van der Waals surface area contributed by atoms with Gasteiger partial charge < -0.3 is 5.32 Å². The van der Waals surface area contributed by atoms with Crippen LogP contribution >= 0.6 is 11.6 Å². The summed E-state index contributed by atoms with van der Waals surface area (Å²) in [5.74, 6) is -0.898. The van der Waals surface area contributed by atoms with Crippen LogP contribution in [0.25, 0.3) is 0 Å². The second-order valence-corrected chi connectivity index (χ2v) is 5.39. The molecule has 2 aromatic rings. The highest BCUT2D eigenvalue weighted by Crippen LogP contribution is 2.36. The van der Waals surface area contributed by atoms with E-state index in [1.807, 2.05) is 0 Å². The van der Waals surface area contributed by atoms with Crippen LogP contribution in [0.5, 0.6) is 0 Å². The zero-order valence-electron chi connectivity index (χ0n) is 11.8. The molecule has 3 rings (SSSR count). The molecule has 0 saturated heterocycles. The summed E-state index contributed by atoms with van der Waals surface area (Å²) in [7, 11) is 0. The average molecular weight is 360 g/mol. The van der Waals surface area contributed by atoms with Gasteiger partial charge in [-0.2, -0.15) is 23.3 Å². The fourth-order valence-electron chi connectivity index (χ4n) is 2.26. The molecule has 2 heterocycles. The van der Waals surface area contributed by atoms with Gasteiger partial charge in [-0.1, -0.05) is 11.6 Å². The van der Waals surface area contributed by atoms with Crippen molar-refractivity contribution in [1.82, 2.24) is 14.8 Å². The Bertz CT molecular complexity index is 820.